The summed E-state index contributed by atoms with van der Waals surface area (Å²) in [6.07, 6.45) is 1.68. The first-order valence-corrected chi connectivity index (χ1v) is 8.28. The van der Waals surface area contributed by atoms with Crippen LogP contribution in [-0.4, -0.2) is 30.7 Å². The monoisotopic (exact) mass is 342 g/mol. The summed E-state index contributed by atoms with van der Waals surface area (Å²) in [6, 6.07) is 7.75. The van der Waals surface area contributed by atoms with Crippen LogP contribution in [0.5, 0.6) is 0 Å². The molecule has 0 aliphatic heterocycles. The summed E-state index contributed by atoms with van der Waals surface area (Å²) in [6.45, 7) is -0.0355. The van der Waals surface area contributed by atoms with Gasteiger partial charge in [-0.3, -0.25) is 9.48 Å². The van der Waals surface area contributed by atoms with E-state index in [-0.39, 0.29) is 28.8 Å². The Morgan fingerprint density at radius 3 is 2.68 bits per heavy atom. The molecule has 1 heterocycles. The van der Waals surface area contributed by atoms with Crippen LogP contribution < -0.4 is 10.0 Å². The molecule has 1 aromatic heterocycles. The summed E-state index contributed by atoms with van der Waals surface area (Å²) in [5, 5.41) is 6.70. The van der Waals surface area contributed by atoms with Crippen molar-refractivity contribution < 1.29 is 13.2 Å². The van der Waals surface area contributed by atoms with Crippen molar-refractivity contribution in [2.75, 3.05) is 11.9 Å². The Morgan fingerprint density at radius 2 is 2.05 bits per heavy atom. The van der Waals surface area contributed by atoms with Crippen LogP contribution in [0.3, 0.4) is 0 Å². The van der Waals surface area contributed by atoms with E-state index in [4.69, 9.17) is 11.6 Å². The average Bonchev–Trinajstić information content (AvgIpc) is 2.84. The van der Waals surface area contributed by atoms with Gasteiger partial charge in [-0.2, -0.15) is 5.10 Å². The maximum absolute atomic E-state index is 12.1. The summed E-state index contributed by atoms with van der Waals surface area (Å²) in [5.74, 6) is 0.0852. The van der Waals surface area contributed by atoms with Crippen LogP contribution in [0.4, 0.5) is 5.82 Å². The summed E-state index contributed by atoms with van der Waals surface area (Å²) < 4.78 is 28.0. The molecule has 0 unspecified atom stereocenters. The van der Waals surface area contributed by atoms with Crippen LogP contribution in [0, 0.1) is 0 Å². The third-order valence-corrected chi connectivity index (χ3v) is 4.71. The SMILES string of the molecule is Cn1ccc(NC(=O)CCNS(=O)(=O)c2ccccc2Cl)n1. The van der Waals surface area contributed by atoms with Crippen molar-refractivity contribution in [1.82, 2.24) is 14.5 Å². The molecule has 0 radical (unpaired) electrons. The first-order valence-electron chi connectivity index (χ1n) is 6.42. The Labute approximate surface area is 133 Å². The Balaban J connectivity index is 1.88. The molecule has 0 saturated heterocycles. The maximum atomic E-state index is 12.1. The second kappa shape index (κ2) is 6.91. The number of nitrogens with one attached hydrogen (secondary N) is 2. The molecule has 7 nitrogen and oxygen atoms in total. The molecule has 22 heavy (non-hydrogen) atoms. The van der Waals surface area contributed by atoms with E-state index in [1.165, 1.54) is 12.1 Å². The highest BCUT2D eigenvalue weighted by molar-refractivity contribution is 7.89. The Morgan fingerprint density at radius 1 is 1.32 bits per heavy atom. The van der Waals surface area contributed by atoms with E-state index in [1.54, 1.807) is 36.1 Å². The molecular formula is C13H15ClN4O3S. The standard InChI is InChI=1S/C13H15ClN4O3S/c1-18-9-7-12(17-18)16-13(19)6-8-15-22(20,21)11-5-3-2-4-10(11)14/h2-5,7,9,15H,6,8H2,1H3,(H,16,17,19). The van der Waals surface area contributed by atoms with E-state index < -0.39 is 10.0 Å². The number of hydrogen-bond acceptors (Lipinski definition) is 4. The molecule has 2 rings (SSSR count). The fourth-order valence-electron chi connectivity index (χ4n) is 1.73. The number of aromatic nitrogens is 2. The number of anilines is 1. The van der Waals surface area contributed by atoms with Gasteiger partial charge >= 0.3 is 0 Å². The first kappa shape index (κ1) is 16.5. The minimum Gasteiger partial charge on any atom is -0.309 e. The number of carbonyl (C=O) groups excluding carboxylic acids is 1. The van der Waals surface area contributed by atoms with Gasteiger partial charge in [0, 0.05) is 32.3 Å². The molecule has 2 N–H and O–H groups in total. The fourth-order valence-corrected chi connectivity index (χ4v) is 3.28. The molecule has 0 bridgehead atoms. The van der Waals surface area contributed by atoms with Crippen LogP contribution >= 0.6 is 11.6 Å². The molecule has 1 aromatic carbocycles. The number of benzene rings is 1. The lowest BCUT2D eigenvalue weighted by Gasteiger charge is -2.08. The van der Waals surface area contributed by atoms with Crippen LogP contribution in [0.25, 0.3) is 0 Å². The highest BCUT2D eigenvalue weighted by atomic mass is 35.5. The molecule has 0 fully saturated rings. The van der Waals surface area contributed by atoms with Crippen molar-refractivity contribution in [3.63, 3.8) is 0 Å². The lowest BCUT2D eigenvalue weighted by Crippen LogP contribution is -2.28. The van der Waals surface area contributed by atoms with E-state index in [0.717, 1.165) is 0 Å². The lowest BCUT2D eigenvalue weighted by molar-refractivity contribution is -0.116. The second-order valence-corrected chi connectivity index (χ2v) is 6.64. The topological polar surface area (TPSA) is 93.1 Å². The van der Waals surface area contributed by atoms with Crippen molar-refractivity contribution >= 4 is 33.3 Å². The molecular weight excluding hydrogens is 328 g/mol. The van der Waals surface area contributed by atoms with Gasteiger partial charge in [0.15, 0.2) is 5.82 Å². The molecule has 0 atom stereocenters. The van der Waals surface area contributed by atoms with E-state index >= 15 is 0 Å². The van der Waals surface area contributed by atoms with Crippen LogP contribution in [0.15, 0.2) is 41.4 Å². The molecule has 0 aliphatic carbocycles. The van der Waals surface area contributed by atoms with Gasteiger partial charge in [-0.15, -0.1) is 0 Å². The zero-order valence-corrected chi connectivity index (χ0v) is 13.4. The number of sulfonamides is 1. The first-order chi connectivity index (χ1) is 10.4. The average molecular weight is 343 g/mol. The summed E-state index contributed by atoms with van der Waals surface area (Å²) in [4.78, 5) is 11.7. The maximum Gasteiger partial charge on any atom is 0.242 e. The normalized spacial score (nSPS) is 11.4. The number of aryl methyl sites for hydroxylation is 1. The van der Waals surface area contributed by atoms with E-state index in [2.05, 4.69) is 15.1 Å². The third kappa shape index (κ3) is 4.30. The quantitative estimate of drug-likeness (QED) is 0.829. The molecule has 9 heteroatoms. The van der Waals surface area contributed by atoms with Crippen LogP contribution in [-0.2, 0) is 21.9 Å². The molecule has 118 valence electrons. The Bertz CT molecular complexity index is 773. The predicted molar refractivity (Wildman–Crippen MR) is 83.1 cm³/mol. The zero-order chi connectivity index (χ0) is 16.2. The minimum atomic E-state index is -3.74. The van der Waals surface area contributed by atoms with Gasteiger partial charge in [0.05, 0.1) is 5.02 Å². The zero-order valence-electron chi connectivity index (χ0n) is 11.8. The third-order valence-electron chi connectivity index (χ3n) is 2.75. The second-order valence-electron chi connectivity index (χ2n) is 4.50. The minimum absolute atomic E-state index is 0.0122. The molecule has 0 aliphatic rings. The number of rotatable bonds is 6. The van der Waals surface area contributed by atoms with Crippen molar-refractivity contribution in [3.8, 4) is 0 Å². The number of nitrogens with zero attached hydrogens (tertiary/aromatic N) is 2. The number of hydrogen-bond donors (Lipinski definition) is 2. The van der Waals surface area contributed by atoms with Gasteiger partial charge in [0.2, 0.25) is 15.9 Å². The molecule has 1 amide bonds. The number of halogens is 1. The molecule has 0 saturated carbocycles. The highest BCUT2D eigenvalue weighted by Crippen LogP contribution is 2.19. The summed E-state index contributed by atoms with van der Waals surface area (Å²) in [5.41, 5.74) is 0. The summed E-state index contributed by atoms with van der Waals surface area (Å²) in [7, 11) is -2.01. The van der Waals surface area contributed by atoms with E-state index in [0.29, 0.717) is 5.82 Å². The van der Waals surface area contributed by atoms with Gasteiger partial charge in [-0.1, -0.05) is 23.7 Å². The fraction of sp³-hybridized carbons (Fsp3) is 0.231. The smallest absolute Gasteiger partial charge is 0.242 e. The largest absolute Gasteiger partial charge is 0.309 e. The van der Waals surface area contributed by atoms with Gasteiger partial charge in [-0.25, -0.2) is 13.1 Å². The van der Waals surface area contributed by atoms with Gasteiger partial charge in [0.1, 0.15) is 4.90 Å². The predicted octanol–water partition coefficient (Wildman–Crippen LogP) is 1.38. The van der Waals surface area contributed by atoms with Gasteiger partial charge in [0.25, 0.3) is 0 Å². The Hall–Kier alpha value is -1.90. The molecule has 0 spiro atoms. The Kier molecular flexibility index (Phi) is 5.17. The highest BCUT2D eigenvalue weighted by Gasteiger charge is 2.17. The van der Waals surface area contributed by atoms with Crippen molar-refractivity contribution in [1.29, 1.82) is 0 Å². The summed E-state index contributed by atoms with van der Waals surface area (Å²) >= 11 is 5.85. The van der Waals surface area contributed by atoms with Gasteiger partial charge < -0.3 is 5.32 Å². The van der Waals surface area contributed by atoms with Gasteiger partial charge in [-0.05, 0) is 12.1 Å². The number of carbonyl (C=O) groups is 1. The van der Waals surface area contributed by atoms with E-state index in [9.17, 15) is 13.2 Å². The van der Waals surface area contributed by atoms with E-state index in [1.807, 2.05) is 0 Å². The lowest BCUT2D eigenvalue weighted by atomic mass is 10.4. The van der Waals surface area contributed by atoms with Crippen molar-refractivity contribution in [2.45, 2.75) is 11.3 Å². The van der Waals surface area contributed by atoms with Crippen molar-refractivity contribution in [2.24, 2.45) is 7.05 Å². The number of amides is 1. The van der Waals surface area contributed by atoms with Crippen LogP contribution in [0.1, 0.15) is 6.42 Å². The van der Waals surface area contributed by atoms with Crippen LogP contribution in [0.2, 0.25) is 5.02 Å². The molecule has 2 aromatic rings. The van der Waals surface area contributed by atoms with Crippen molar-refractivity contribution in [3.05, 3.63) is 41.6 Å².